The van der Waals surface area contributed by atoms with Crippen LogP contribution in [0.15, 0.2) is 18.6 Å². The standard InChI is InChI=1S/C12H18N6O/c1-3-19-12-10(13)11(15-8-16-12)14-6-4-9-5-7-18(2)17-9/h5,7-8H,3-4,6,13H2,1-2H3,(H,14,15,16). The Hall–Kier alpha value is -2.31. The summed E-state index contributed by atoms with van der Waals surface area (Å²) in [6.07, 6.45) is 4.15. The number of nitrogens with two attached hydrogens (primary N) is 1. The lowest BCUT2D eigenvalue weighted by atomic mass is 10.3. The van der Waals surface area contributed by atoms with E-state index < -0.39 is 0 Å². The zero-order valence-corrected chi connectivity index (χ0v) is 11.1. The molecule has 3 N–H and O–H groups in total. The number of aromatic nitrogens is 4. The van der Waals surface area contributed by atoms with Gasteiger partial charge in [-0.15, -0.1) is 0 Å². The minimum absolute atomic E-state index is 0.415. The van der Waals surface area contributed by atoms with Crippen molar-refractivity contribution in [2.45, 2.75) is 13.3 Å². The maximum Gasteiger partial charge on any atom is 0.242 e. The van der Waals surface area contributed by atoms with Gasteiger partial charge in [-0.05, 0) is 13.0 Å². The SMILES string of the molecule is CCOc1ncnc(NCCc2ccn(C)n2)c1N. The van der Waals surface area contributed by atoms with Gasteiger partial charge in [0, 0.05) is 26.2 Å². The molecule has 0 saturated heterocycles. The molecule has 2 aromatic heterocycles. The maximum atomic E-state index is 5.92. The monoisotopic (exact) mass is 262 g/mol. The van der Waals surface area contributed by atoms with Gasteiger partial charge >= 0.3 is 0 Å². The first-order valence-corrected chi connectivity index (χ1v) is 6.16. The third-order valence-electron chi connectivity index (χ3n) is 2.57. The molecule has 2 rings (SSSR count). The Labute approximate surface area is 111 Å². The lowest BCUT2D eigenvalue weighted by Gasteiger charge is -2.10. The van der Waals surface area contributed by atoms with Crippen molar-refractivity contribution in [1.82, 2.24) is 19.7 Å². The summed E-state index contributed by atoms with van der Waals surface area (Å²) in [6, 6.07) is 1.98. The number of nitrogen functional groups attached to an aromatic ring is 1. The molecular formula is C12H18N6O. The highest BCUT2D eigenvalue weighted by atomic mass is 16.5. The Morgan fingerprint density at radius 2 is 2.26 bits per heavy atom. The van der Waals surface area contributed by atoms with Gasteiger partial charge in [0.15, 0.2) is 5.82 Å². The van der Waals surface area contributed by atoms with Gasteiger partial charge in [-0.3, -0.25) is 4.68 Å². The maximum absolute atomic E-state index is 5.92. The second kappa shape index (κ2) is 6.03. The molecule has 7 heteroatoms. The first kappa shape index (κ1) is 13.1. The Morgan fingerprint density at radius 3 is 2.95 bits per heavy atom. The van der Waals surface area contributed by atoms with Gasteiger partial charge in [-0.1, -0.05) is 0 Å². The van der Waals surface area contributed by atoms with Crippen LogP contribution in [0.25, 0.3) is 0 Å². The predicted octanol–water partition coefficient (Wildman–Crippen LogP) is 0.846. The van der Waals surface area contributed by atoms with Gasteiger partial charge in [-0.25, -0.2) is 4.98 Å². The molecule has 0 fully saturated rings. The summed E-state index contributed by atoms with van der Waals surface area (Å²) >= 11 is 0. The van der Waals surface area contributed by atoms with Crippen LogP contribution in [0.2, 0.25) is 0 Å². The number of hydrogen-bond acceptors (Lipinski definition) is 6. The number of aryl methyl sites for hydroxylation is 1. The van der Waals surface area contributed by atoms with E-state index in [4.69, 9.17) is 10.5 Å². The van der Waals surface area contributed by atoms with Crippen LogP contribution in [-0.2, 0) is 13.5 Å². The minimum atomic E-state index is 0.415. The molecule has 19 heavy (non-hydrogen) atoms. The Balaban J connectivity index is 1.94. The van der Waals surface area contributed by atoms with Crippen molar-refractivity contribution in [3.8, 4) is 5.88 Å². The van der Waals surface area contributed by atoms with E-state index in [1.54, 1.807) is 4.68 Å². The van der Waals surface area contributed by atoms with Gasteiger partial charge < -0.3 is 15.8 Å². The Bertz CT molecular complexity index is 539. The molecule has 0 unspecified atom stereocenters. The van der Waals surface area contributed by atoms with E-state index in [0.29, 0.717) is 30.5 Å². The molecule has 0 amide bonds. The number of rotatable bonds is 6. The topological polar surface area (TPSA) is 90.9 Å². The number of nitrogens with zero attached hydrogens (tertiary/aromatic N) is 4. The highest BCUT2D eigenvalue weighted by Gasteiger charge is 2.08. The predicted molar refractivity (Wildman–Crippen MR) is 73.0 cm³/mol. The fourth-order valence-corrected chi connectivity index (χ4v) is 1.68. The van der Waals surface area contributed by atoms with Crippen molar-refractivity contribution >= 4 is 11.5 Å². The van der Waals surface area contributed by atoms with E-state index in [1.165, 1.54) is 6.33 Å². The van der Waals surface area contributed by atoms with Crippen LogP contribution in [0.1, 0.15) is 12.6 Å². The fourth-order valence-electron chi connectivity index (χ4n) is 1.68. The molecule has 0 aliphatic rings. The highest BCUT2D eigenvalue weighted by molar-refractivity contribution is 5.66. The van der Waals surface area contributed by atoms with Crippen LogP contribution in [0.5, 0.6) is 5.88 Å². The molecule has 0 bridgehead atoms. The molecular weight excluding hydrogens is 244 g/mol. The summed E-state index contributed by atoms with van der Waals surface area (Å²) < 4.78 is 7.09. The van der Waals surface area contributed by atoms with E-state index in [2.05, 4.69) is 20.4 Å². The summed E-state index contributed by atoms with van der Waals surface area (Å²) in [5.41, 5.74) is 7.38. The van der Waals surface area contributed by atoms with Gasteiger partial charge in [-0.2, -0.15) is 10.1 Å². The quantitative estimate of drug-likeness (QED) is 0.802. The summed E-state index contributed by atoms with van der Waals surface area (Å²) in [5.74, 6) is 1.01. The molecule has 0 saturated carbocycles. The van der Waals surface area contributed by atoms with Gasteiger partial charge in [0.05, 0.1) is 12.3 Å². The summed E-state index contributed by atoms with van der Waals surface area (Å²) in [6.45, 7) is 3.11. The Kier molecular flexibility index (Phi) is 4.17. The first-order valence-electron chi connectivity index (χ1n) is 6.16. The van der Waals surface area contributed by atoms with Crippen LogP contribution in [0, 0.1) is 0 Å². The van der Waals surface area contributed by atoms with Crippen molar-refractivity contribution in [2.24, 2.45) is 7.05 Å². The normalized spacial score (nSPS) is 10.4. The van der Waals surface area contributed by atoms with Crippen molar-refractivity contribution in [3.63, 3.8) is 0 Å². The van der Waals surface area contributed by atoms with E-state index in [9.17, 15) is 0 Å². The molecule has 7 nitrogen and oxygen atoms in total. The molecule has 0 aliphatic heterocycles. The second-order valence-corrected chi connectivity index (χ2v) is 4.03. The molecule has 0 radical (unpaired) electrons. The number of ether oxygens (including phenoxy) is 1. The molecule has 2 heterocycles. The van der Waals surface area contributed by atoms with Crippen molar-refractivity contribution in [3.05, 3.63) is 24.3 Å². The van der Waals surface area contributed by atoms with E-state index in [1.807, 2.05) is 26.2 Å². The molecule has 2 aromatic rings. The number of anilines is 2. The van der Waals surface area contributed by atoms with E-state index >= 15 is 0 Å². The van der Waals surface area contributed by atoms with Crippen molar-refractivity contribution in [2.75, 3.05) is 24.2 Å². The zero-order valence-electron chi connectivity index (χ0n) is 11.1. The van der Waals surface area contributed by atoms with Crippen molar-refractivity contribution < 1.29 is 4.74 Å². The summed E-state index contributed by atoms with van der Waals surface area (Å²) in [4.78, 5) is 8.09. The highest BCUT2D eigenvalue weighted by Crippen LogP contribution is 2.24. The lowest BCUT2D eigenvalue weighted by molar-refractivity contribution is 0.328. The van der Waals surface area contributed by atoms with E-state index in [-0.39, 0.29) is 0 Å². The van der Waals surface area contributed by atoms with Crippen LogP contribution in [0.4, 0.5) is 11.5 Å². The third kappa shape index (κ3) is 3.34. The third-order valence-corrected chi connectivity index (χ3v) is 2.57. The first-order chi connectivity index (χ1) is 9.20. The van der Waals surface area contributed by atoms with Crippen LogP contribution >= 0.6 is 0 Å². The molecule has 0 spiro atoms. The summed E-state index contributed by atoms with van der Waals surface area (Å²) in [7, 11) is 1.90. The Morgan fingerprint density at radius 1 is 1.42 bits per heavy atom. The lowest BCUT2D eigenvalue weighted by Crippen LogP contribution is -2.11. The smallest absolute Gasteiger partial charge is 0.242 e. The minimum Gasteiger partial charge on any atom is -0.476 e. The zero-order chi connectivity index (χ0) is 13.7. The largest absolute Gasteiger partial charge is 0.476 e. The average molecular weight is 262 g/mol. The van der Waals surface area contributed by atoms with Gasteiger partial charge in [0.1, 0.15) is 12.0 Å². The van der Waals surface area contributed by atoms with Gasteiger partial charge in [0.2, 0.25) is 5.88 Å². The summed E-state index contributed by atoms with van der Waals surface area (Å²) in [5, 5.41) is 7.46. The number of hydrogen-bond donors (Lipinski definition) is 2. The van der Waals surface area contributed by atoms with Crippen LogP contribution < -0.4 is 15.8 Å². The molecule has 0 aliphatic carbocycles. The van der Waals surface area contributed by atoms with Crippen LogP contribution in [-0.4, -0.2) is 32.9 Å². The second-order valence-electron chi connectivity index (χ2n) is 4.03. The molecule has 0 atom stereocenters. The van der Waals surface area contributed by atoms with Gasteiger partial charge in [0.25, 0.3) is 0 Å². The molecule has 102 valence electrons. The number of nitrogens with one attached hydrogen (secondary N) is 1. The van der Waals surface area contributed by atoms with Crippen molar-refractivity contribution in [1.29, 1.82) is 0 Å². The average Bonchev–Trinajstić information content (AvgIpc) is 2.80. The fraction of sp³-hybridized carbons (Fsp3) is 0.417. The van der Waals surface area contributed by atoms with Crippen LogP contribution in [0.3, 0.4) is 0 Å². The molecule has 0 aromatic carbocycles. The van der Waals surface area contributed by atoms with E-state index in [0.717, 1.165) is 12.1 Å².